The van der Waals surface area contributed by atoms with E-state index in [9.17, 15) is 0 Å². The van der Waals surface area contributed by atoms with Crippen LogP contribution >= 0.6 is 0 Å². The predicted octanol–water partition coefficient (Wildman–Crippen LogP) is 11.1. The van der Waals surface area contributed by atoms with Gasteiger partial charge in [0, 0.05) is 22.5 Å². The summed E-state index contributed by atoms with van der Waals surface area (Å²) in [6, 6.07) is 58.7. The lowest BCUT2D eigenvalue weighted by atomic mass is 9.96. The number of nitrogens with two attached hydrogens (primary N) is 2. The maximum absolute atomic E-state index is 6.82. The molecule has 4 N–H and O–H groups in total. The molecule has 7 aromatic carbocycles. The molecule has 0 aliphatic carbocycles. The van der Waals surface area contributed by atoms with Gasteiger partial charge in [0.25, 0.3) is 0 Å². The number of hydrogen-bond donors (Lipinski definition) is 2. The molecule has 0 spiro atoms. The van der Waals surface area contributed by atoms with Gasteiger partial charge in [-0.25, -0.2) is 0 Å². The first-order valence-electron chi connectivity index (χ1n) is 17.2. The van der Waals surface area contributed by atoms with Crippen molar-refractivity contribution < 1.29 is 0 Å². The fourth-order valence-corrected chi connectivity index (χ4v) is 7.12. The highest BCUT2D eigenvalue weighted by molar-refractivity contribution is 6.21. The number of allylic oxidation sites excluding steroid dienone is 2. The maximum atomic E-state index is 6.82. The van der Waals surface area contributed by atoms with Crippen LogP contribution in [0.4, 0.5) is 0 Å². The van der Waals surface area contributed by atoms with E-state index < -0.39 is 0 Å². The molecule has 0 aliphatic rings. The quantitative estimate of drug-likeness (QED) is 0.0969. The van der Waals surface area contributed by atoms with E-state index in [1.165, 1.54) is 27.1 Å². The van der Waals surface area contributed by atoms with E-state index in [4.69, 9.17) is 16.5 Å². The molecule has 0 amide bonds. The van der Waals surface area contributed by atoms with E-state index in [0.29, 0.717) is 5.84 Å². The second-order valence-electron chi connectivity index (χ2n) is 12.9. The highest BCUT2D eigenvalue weighted by Crippen LogP contribution is 2.38. The summed E-state index contributed by atoms with van der Waals surface area (Å²) in [4.78, 5) is 5.20. The van der Waals surface area contributed by atoms with Gasteiger partial charge in [0.2, 0.25) is 0 Å². The van der Waals surface area contributed by atoms with Crippen molar-refractivity contribution in [3.8, 4) is 22.3 Å². The van der Waals surface area contributed by atoms with Crippen LogP contribution in [0.5, 0.6) is 0 Å². The van der Waals surface area contributed by atoms with Crippen molar-refractivity contribution in [1.29, 1.82) is 0 Å². The van der Waals surface area contributed by atoms with E-state index in [2.05, 4.69) is 151 Å². The van der Waals surface area contributed by atoms with Crippen LogP contribution in [0.2, 0.25) is 0 Å². The average Bonchev–Trinajstić information content (AvgIpc) is 3.54. The molecule has 8 aromatic rings. The smallest absolute Gasteiger partial charge is 0.126 e. The van der Waals surface area contributed by atoms with Gasteiger partial charge in [-0.3, -0.25) is 4.99 Å². The average molecular weight is 659 g/mol. The zero-order chi connectivity index (χ0) is 34.7. The molecule has 0 fully saturated rings. The minimum atomic E-state index is -0.354. The molecule has 51 heavy (non-hydrogen) atoms. The summed E-state index contributed by atoms with van der Waals surface area (Å²) < 4.78 is 2.26. The van der Waals surface area contributed by atoms with Crippen molar-refractivity contribution >= 4 is 44.1 Å². The molecule has 0 saturated carbocycles. The summed E-state index contributed by atoms with van der Waals surface area (Å²) in [5, 5.41) is 4.82. The molecule has 4 heteroatoms. The van der Waals surface area contributed by atoms with Crippen LogP contribution in [-0.2, 0) is 0 Å². The number of nitrogens with zero attached hydrogens (tertiary/aromatic N) is 2. The molecule has 0 aliphatic heterocycles. The Labute approximate surface area is 298 Å². The Balaban J connectivity index is 1.23. The van der Waals surface area contributed by atoms with E-state index >= 15 is 0 Å². The fourth-order valence-electron chi connectivity index (χ4n) is 7.12. The summed E-state index contributed by atoms with van der Waals surface area (Å²) in [5.74, 6) is 0.473. The minimum absolute atomic E-state index is 0.354. The Morgan fingerprint density at radius 1 is 0.569 bits per heavy atom. The van der Waals surface area contributed by atoms with Crippen LogP contribution < -0.4 is 11.5 Å². The van der Waals surface area contributed by atoms with E-state index in [1.807, 2.05) is 36.4 Å². The normalized spacial score (nSPS) is 13.2. The van der Waals surface area contributed by atoms with Crippen molar-refractivity contribution in [2.75, 3.05) is 0 Å². The molecule has 246 valence electrons. The van der Waals surface area contributed by atoms with Gasteiger partial charge in [0.15, 0.2) is 0 Å². The number of para-hydroxylation sites is 1. The number of benzene rings is 7. The lowest BCUT2D eigenvalue weighted by molar-refractivity contribution is 0.845. The zero-order valence-electron chi connectivity index (χ0n) is 28.4. The van der Waals surface area contributed by atoms with Crippen molar-refractivity contribution in [2.24, 2.45) is 16.5 Å². The summed E-state index contributed by atoms with van der Waals surface area (Å²) in [7, 11) is 0. The van der Waals surface area contributed by atoms with Gasteiger partial charge in [-0.1, -0.05) is 158 Å². The SMILES string of the molecule is C/C(=C\C(=C/N)n1c2ccccc2c2c3ccccc3ccc21)C(N=C(N)c1ccc(-c2ccccc2)cc1)c1ccc(-c2ccccc2)cc1. The van der Waals surface area contributed by atoms with Gasteiger partial charge < -0.3 is 16.0 Å². The van der Waals surface area contributed by atoms with Gasteiger partial charge in [0.05, 0.1) is 22.8 Å². The van der Waals surface area contributed by atoms with Crippen LogP contribution in [0, 0.1) is 0 Å². The third-order valence-electron chi connectivity index (χ3n) is 9.69. The first-order valence-corrected chi connectivity index (χ1v) is 17.2. The molecule has 4 nitrogen and oxygen atoms in total. The van der Waals surface area contributed by atoms with E-state index in [1.54, 1.807) is 6.20 Å². The lowest BCUT2D eigenvalue weighted by Crippen LogP contribution is -2.16. The first-order chi connectivity index (χ1) is 25.1. The van der Waals surface area contributed by atoms with Gasteiger partial charge in [-0.2, -0.15) is 0 Å². The van der Waals surface area contributed by atoms with Crippen LogP contribution in [0.25, 0.3) is 60.5 Å². The number of amidine groups is 1. The summed E-state index contributed by atoms with van der Waals surface area (Å²) >= 11 is 0. The van der Waals surface area contributed by atoms with E-state index in [-0.39, 0.29) is 6.04 Å². The van der Waals surface area contributed by atoms with Crippen molar-refractivity contribution in [2.45, 2.75) is 13.0 Å². The Morgan fingerprint density at radius 3 is 1.76 bits per heavy atom. The molecular weight excluding hydrogens is 621 g/mol. The van der Waals surface area contributed by atoms with Gasteiger partial charge in [0.1, 0.15) is 5.84 Å². The van der Waals surface area contributed by atoms with Gasteiger partial charge >= 0.3 is 0 Å². The van der Waals surface area contributed by atoms with Gasteiger partial charge in [-0.05, 0) is 69.3 Å². The molecule has 1 aromatic heterocycles. The molecule has 0 radical (unpaired) electrons. The summed E-state index contributed by atoms with van der Waals surface area (Å²) in [6.45, 7) is 2.11. The third kappa shape index (κ3) is 6.09. The van der Waals surface area contributed by atoms with Crippen LogP contribution in [0.3, 0.4) is 0 Å². The highest BCUT2D eigenvalue weighted by Gasteiger charge is 2.19. The number of rotatable bonds is 8. The topological polar surface area (TPSA) is 69.3 Å². The molecule has 1 heterocycles. The van der Waals surface area contributed by atoms with Gasteiger partial charge in [-0.15, -0.1) is 0 Å². The molecule has 0 bridgehead atoms. The Kier molecular flexibility index (Phi) is 8.49. The maximum Gasteiger partial charge on any atom is 0.126 e. The van der Waals surface area contributed by atoms with Crippen LogP contribution in [0.15, 0.2) is 193 Å². The van der Waals surface area contributed by atoms with Crippen molar-refractivity contribution in [3.05, 3.63) is 199 Å². The zero-order valence-corrected chi connectivity index (χ0v) is 28.4. The number of fused-ring (bicyclic) bond motifs is 5. The number of hydrogen-bond acceptors (Lipinski definition) is 2. The Bertz CT molecular complexity index is 2570. The fraction of sp³-hybridized carbons (Fsp3) is 0.0426. The summed E-state index contributed by atoms with van der Waals surface area (Å²) in [5.41, 5.74) is 23.9. The third-order valence-corrected chi connectivity index (χ3v) is 9.69. The lowest BCUT2D eigenvalue weighted by Gasteiger charge is -2.18. The highest BCUT2D eigenvalue weighted by atomic mass is 15.0. The standard InChI is InChI=1S/C47H38N4/c1-32(30-40(31-48)51-43-19-11-10-18-42(43)45-41-17-9-8-16-37(41)28-29-44(45)51)46(38-24-20-35(21-25-38)33-12-4-2-5-13-33)50-47(49)39-26-22-36(23-27-39)34-14-6-3-7-15-34/h2-31,46H,48H2,1H3,(H2,49,50)/b32-30+,40-31+. The minimum Gasteiger partial charge on any atom is -0.403 e. The van der Waals surface area contributed by atoms with Crippen molar-refractivity contribution in [3.63, 3.8) is 0 Å². The Hall–Kier alpha value is -6.65. The number of aliphatic imine (C=N–C) groups is 1. The molecule has 0 saturated heterocycles. The summed E-state index contributed by atoms with van der Waals surface area (Å²) in [6.07, 6.45) is 3.83. The largest absolute Gasteiger partial charge is 0.403 e. The second kappa shape index (κ2) is 13.7. The number of aromatic nitrogens is 1. The molecule has 1 unspecified atom stereocenters. The second-order valence-corrected chi connectivity index (χ2v) is 12.9. The van der Waals surface area contributed by atoms with Crippen LogP contribution in [-0.4, -0.2) is 10.4 Å². The van der Waals surface area contributed by atoms with E-state index in [0.717, 1.165) is 50.1 Å². The monoisotopic (exact) mass is 658 g/mol. The molecule has 1 atom stereocenters. The first kappa shape index (κ1) is 31.6. The predicted molar refractivity (Wildman–Crippen MR) is 216 cm³/mol. The van der Waals surface area contributed by atoms with Crippen molar-refractivity contribution in [1.82, 2.24) is 4.57 Å². The Morgan fingerprint density at radius 2 is 1.12 bits per heavy atom. The molecular formula is C47H38N4. The molecule has 8 rings (SSSR count). The van der Waals surface area contributed by atoms with Crippen LogP contribution in [0.1, 0.15) is 24.1 Å².